The zero-order valence-corrected chi connectivity index (χ0v) is 13.6. The van der Waals surface area contributed by atoms with Gasteiger partial charge in [-0.2, -0.15) is 13.2 Å². The number of carbonyl (C=O) groups excluding carboxylic acids is 1. The van der Waals surface area contributed by atoms with E-state index in [1.54, 1.807) is 10.2 Å². The van der Waals surface area contributed by atoms with E-state index >= 15 is 0 Å². The van der Waals surface area contributed by atoms with Crippen LogP contribution in [0.2, 0.25) is 0 Å². The lowest BCUT2D eigenvalue weighted by Crippen LogP contribution is -2.30. The third kappa shape index (κ3) is 2.87. The van der Waals surface area contributed by atoms with Gasteiger partial charge in [0, 0.05) is 36.4 Å². The van der Waals surface area contributed by atoms with Crippen LogP contribution in [0.25, 0.3) is 10.6 Å². The van der Waals surface area contributed by atoms with Crippen molar-refractivity contribution in [2.75, 3.05) is 23.3 Å². The van der Waals surface area contributed by atoms with Crippen LogP contribution in [0.1, 0.15) is 0 Å². The molecule has 1 saturated carbocycles. The van der Waals surface area contributed by atoms with Crippen molar-refractivity contribution in [3.63, 3.8) is 0 Å². The van der Waals surface area contributed by atoms with Gasteiger partial charge in [0.2, 0.25) is 5.95 Å². The highest BCUT2D eigenvalue weighted by Gasteiger charge is 2.71. The van der Waals surface area contributed by atoms with Crippen LogP contribution in [0, 0.1) is 11.8 Å². The Morgan fingerprint density at radius 1 is 1.23 bits per heavy atom. The Morgan fingerprint density at radius 3 is 2.42 bits per heavy atom. The number of amides is 1. The number of piperidine rings is 1. The molecule has 12 heteroatoms. The average Bonchev–Trinajstić information content (AvgIpc) is 3.03. The van der Waals surface area contributed by atoms with Gasteiger partial charge in [0.05, 0.1) is 11.8 Å². The van der Waals surface area contributed by atoms with E-state index in [1.807, 2.05) is 0 Å². The number of alkyl halides is 5. The summed E-state index contributed by atoms with van der Waals surface area (Å²) in [6, 6.07) is 0. The fraction of sp³-hybridized carbons (Fsp3) is 0.429. The van der Waals surface area contributed by atoms with Gasteiger partial charge < -0.3 is 10.2 Å². The highest BCUT2D eigenvalue weighted by Crippen LogP contribution is 2.59. The zero-order chi connectivity index (χ0) is 18.7. The number of aromatic nitrogens is 3. The molecule has 0 spiro atoms. The maximum atomic E-state index is 13.2. The summed E-state index contributed by atoms with van der Waals surface area (Å²) in [5, 5.41) is 3.25. The minimum absolute atomic E-state index is 0.196. The van der Waals surface area contributed by atoms with E-state index < -0.39 is 29.8 Å². The first kappa shape index (κ1) is 17.1. The molecule has 2 atom stereocenters. The number of carbonyl (C=O) groups is 1. The summed E-state index contributed by atoms with van der Waals surface area (Å²) in [5.74, 6) is -5.90. The van der Waals surface area contributed by atoms with E-state index in [1.165, 1.54) is 17.8 Å². The average molecular weight is 391 g/mol. The second kappa shape index (κ2) is 5.56. The quantitative estimate of drug-likeness (QED) is 0.815. The molecule has 1 N–H and O–H groups in total. The van der Waals surface area contributed by atoms with Crippen LogP contribution < -0.4 is 10.2 Å². The number of thiazole rings is 1. The number of nitrogens with one attached hydrogen (secondary N) is 1. The standard InChI is InChI=1S/C14H10F5N5OS/c15-13(16)7-3-24(4-8(7)13)12-20-1-6(2-21-12)10-22-9(5-26-10)23-11(25)14(17,18)19/h1-2,5,7-8H,3-4H2,(H,23,25). The normalized spacial score (nSPS) is 23.7. The van der Waals surface area contributed by atoms with Gasteiger partial charge in [-0.05, 0) is 0 Å². The van der Waals surface area contributed by atoms with Crippen LogP contribution >= 0.6 is 11.3 Å². The van der Waals surface area contributed by atoms with Gasteiger partial charge in [-0.15, -0.1) is 11.3 Å². The largest absolute Gasteiger partial charge is 0.471 e. The number of nitrogens with zero attached hydrogens (tertiary/aromatic N) is 4. The van der Waals surface area contributed by atoms with Crippen LogP contribution in [0.4, 0.5) is 33.7 Å². The summed E-state index contributed by atoms with van der Waals surface area (Å²) < 4.78 is 63.1. The van der Waals surface area contributed by atoms with Gasteiger partial charge in [0.15, 0.2) is 0 Å². The molecule has 0 aromatic carbocycles. The molecule has 1 saturated heterocycles. The fourth-order valence-corrected chi connectivity index (χ4v) is 3.64. The van der Waals surface area contributed by atoms with Crippen LogP contribution in [-0.4, -0.2) is 46.0 Å². The Balaban J connectivity index is 1.43. The number of hydrogen-bond donors (Lipinski definition) is 1. The lowest BCUT2D eigenvalue weighted by Gasteiger charge is -2.19. The van der Waals surface area contributed by atoms with Crippen LogP contribution in [0.5, 0.6) is 0 Å². The number of fused-ring (bicyclic) bond motifs is 1. The molecular formula is C14H10F5N5OS. The van der Waals surface area contributed by atoms with Gasteiger partial charge >= 0.3 is 12.1 Å². The first-order chi connectivity index (χ1) is 12.2. The maximum absolute atomic E-state index is 13.2. The van der Waals surface area contributed by atoms with Crippen molar-refractivity contribution in [1.29, 1.82) is 0 Å². The number of rotatable bonds is 3. The smallest absolute Gasteiger partial charge is 0.340 e. The van der Waals surface area contributed by atoms with E-state index in [-0.39, 0.29) is 18.9 Å². The predicted molar refractivity (Wildman–Crippen MR) is 82.0 cm³/mol. The molecule has 2 aromatic rings. The van der Waals surface area contributed by atoms with Gasteiger partial charge in [0.25, 0.3) is 5.92 Å². The van der Waals surface area contributed by atoms with Crippen molar-refractivity contribution in [2.24, 2.45) is 11.8 Å². The summed E-state index contributed by atoms with van der Waals surface area (Å²) in [7, 11) is 0. The minimum atomic E-state index is -5.00. The Kier molecular flexibility index (Phi) is 3.65. The highest BCUT2D eigenvalue weighted by atomic mass is 32.1. The summed E-state index contributed by atoms with van der Waals surface area (Å²) >= 11 is 1.01. The van der Waals surface area contributed by atoms with Crippen molar-refractivity contribution in [1.82, 2.24) is 15.0 Å². The van der Waals surface area contributed by atoms with Crippen LogP contribution in [-0.2, 0) is 4.79 Å². The molecule has 2 unspecified atom stereocenters. The highest BCUT2D eigenvalue weighted by molar-refractivity contribution is 7.13. The molecule has 2 fully saturated rings. The van der Waals surface area contributed by atoms with E-state index in [0.717, 1.165) is 11.3 Å². The van der Waals surface area contributed by atoms with Crippen molar-refractivity contribution in [3.05, 3.63) is 17.8 Å². The van der Waals surface area contributed by atoms with E-state index in [2.05, 4.69) is 15.0 Å². The SMILES string of the molecule is O=C(Nc1csc(-c2cnc(N3CC4C(C3)C4(F)F)nc2)n1)C(F)(F)F. The summed E-state index contributed by atoms with van der Waals surface area (Å²) in [6.07, 6.45) is -2.17. The summed E-state index contributed by atoms with van der Waals surface area (Å²) in [4.78, 5) is 24.7. The monoisotopic (exact) mass is 391 g/mol. The lowest BCUT2D eigenvalue weighted by atomic mass is 10.3. The minimum Gasteiger partial charge on any atom is -0.340 e. The van der Waals surface area contributed by atoms with Crippen molar-refractivity contribution < 1.29 is 26.7 Å². The van der Waals surface area contributed by atoms with Gasteiger partial charge in [-0.3, -0.25) is 4.79 Å². The molecule has 2 aromatic heterocycles. The molecule has 4 rings (SSSR count). The van der Waals surface area contributed by atoms with Crippen molar-refractivity contribution in [2.45, 2.75) is 12.1 Å². The third-order valence-electron chi connectivity index (χ3n) is 4.37. The van der Waals surface area contributed by atoms with E-state index in [4.69, 9.17) is 0 Å². The third-order valence-corrected chi connectivity index (χ3v) is 5.26. The second-order valence-electron chi connectivity index (χ2n) is 6.05. The van der Waals surface area contributed by atoms with Gasteiger partial charge in [-0.25, -0.2) is 23.7 Å². The Hall–Kier alpha value is -2.37. The molecule has 6 nitrogen and oxygen atoms in total. The molecular weight excluding hydrogens is 381 g/mol. The first-order valence-corrected chi connectivity index (χ1v) is 8.33. The molecule has 3 heterocycles. The Labute approximate surface area is 147 Å². The van der Waals surface area contributed by atoms with Crippen LogP contribution in [0.15, 0.2) is 17.8 Å². The molecule has 1 amide bonds. The lowest BCUT2D eigenvalue weighted by molar-refractivity contribution is -0.167. The zero-order valence-electron chi connectivity index (χ0n) is 12.8. The molecule has 0 bridgehead atoms. The Bertz CT molecular complexity index is 838. The van der Waals surface area contributed by atoms with E-state index in [0.29, 0.717) is 16.5 Å². The van der Waals surface area contributed by atoms with Crippen molar-refractivity contribution in [3.8, 4) is 10.6 Å². The second-order valence-corrected chi connectivity index (χ2v) is 6.91. The number of anilines is 2. The molecule has 2 aliphatic rings. The summed E-state index contributed by atoms with van der Waals surface area (Å²) in [6.45, 7) is 0.393. The first-order valence-electron chi connectivity index (χ1n) is 7.45. The maximum Gasteiger partial charge on any atom is 0.471 e. The topological polar surface area (TPSA) is 71.0 Å². The van der Waals surface area contributed by atoms with Crippen molar-refractivity contribution >= 4 is 29.0 Å². The van der Waals surface area contributed by atoms with Gasteiger partial charge in [0.1, 0.15) is 10.8 Å². The molecule has 1 aliphatic heterocycles. The molecule has 138 valence electrons. The number of hydrogen-bond acceptors (Lipinski definition) is 6. The molecule has 26 heavy (non-hydrogen) atoms. The van der Waals surface area contributed by atoms with Gasteiger partial charge in [-0.1, -0.05) is 0 Å². The van der Waals surface area contributed by atoms with E-state index in [9.17, 15) is 26.7 Å². The summed E-state index contributed by atoms with van der Waals surface area (Å²) in [5.41, 5.74) is 0.445. The molecule has 1 aliphatic carbocycles. The fourth-order valence-electron chi connectivity index (χ4n) is 2.92. The predicted octanol–water partition coefficient (Wildman–Crippen LogP) is 2.80. The molecule has 0 radical (unpaired) electrons. The number of halogens is 5. The van der Waals surface area contributed by atoms with Crippen LogP contribution in [0.3, 0.4) is 0 Å². The Morgan fingerprint density at radius 2 is 1.85 bits per heavy atom.